The van der Waals surface area contributed by atoms with Crippen LogP contribution in [0, 0.1) is 0 Å². The van der Waals surface area contributed by atoms with Gasteiger partial charge in [-0.05, 0) is 30.9 Å². The van der Waals surface area contributed by atoms with Gasteiger partial charge in [0, 0.05) is 31.7 Å². The van der Waals surface area contributed by atoms with Crippen LogP contribution in [0.15, 0.2) is 41.9 Å². The number of nitrogens with zero attached hydrogens (tertiary/aromatic N) is 4. The predicted molar refractivity (Wildman–Crippen MR) is 93.8 cm³/mol. The molecule has 1 aromatic carbocycles. The Hall–Kier alpha value is -2.08. The van der Waals surface area contributed by atoms with Crippen molar-refractivity contribution in [2.24, 2.45) is 4.99 Å². The molecule has 0 aliphatic carbocycles. The van der Waals surface area contributed by atoms with Gasteiger partial charge in [0.2, 0.25) is 0 Å². The lowest BCUT2D eigenvalue weighted by Gasteiger charge is -2.12. The molecule has 1 heterocycles. The fourth-order valence-corrected chi connectivity index (χ4v) is 2.43. The fraction of sp³-hybridized carbons (Fsp3) is 0.438. The average Bonchev–Trinajstić information content (AvgIpc) is 3.08. The van der Waals surface area contributed by atoms with Gasteiger partial charge in [-0.2, -0.15) is 0 Å². The molecule has 0 bridgehead atoms. The molecule has 0 amide bonds. The van der Waals surface area contributed by atoms with E-state index in [4.69, 9.17) is 11.6 Å². The summed E-state index contributed by atoms with van der Waals surface area (Å²) in [5.74, 6) is 0.821. The van der Waals surface area contributed by atoms with Crippen LogP contribution >= 0.6 is 11.6 Å². The lowest BCUT2D eigenvalue weighted by atomic mass is 10.1. The molecule has 0 saturated heterocycles. The van der Waals surface area contributed by atoms with Gasteiger partial charge in [-0.25, -0.2) is 0 Å². The van der Waals surface area contributed by atoms with Crippen molar-refractivity contribution in [3.63, 3.8) is 0 Å². The van der Waals surface area contributed by atoms with Gasteiger partial charge >= 0.3 is 0 Å². The molecule has 0 atom stereocenters. The van der Waals surface area contributed by atoms with Crippen molar-refractivity contribution in [2.45, 2.75) is 25.8 Å². The van der Waals surface area contributed by atoms with Crippen molar-refractivity contribution in [1.29, 1.82) is 0 Å². The molecule has 2 aromatic rings. The molecule has 2 N–H and O–H groups in total. The number of unbranched alkanes of at least 4 members (excludes halogenated alkanes) is 1. The molecule has 6 nitrogen and oxygen atoms in total. The minimum Gasteiger partial charge on any atom is -0.356 e. The maximum atomic E-state index is 6.15. The summed E-state index contributed by atoms with van der Waals surface area (Å²) in [5, 5.41) is 15.0. The molecule has 2 rings (SSSR count). The Labute approximate surface area is 142 Å². The average molecular weight is 335 g/mol. The molecule has 0 aliphatic heterocycles. The molecule has 0 aliphatic rings. The number of hydrogen-bond acceptors (Lipinski definition) is 3. The van der Waals surface area contributed by atoms with E-state index < -0.39 is 0 Å². The number of aliphatic imine (C=N–C) groups is 1. The van der Waals surface area contributed by atoms with E-state index in [0.29, 0.717) is 0 Å². The first-order valence-corrected chi connectivity index (χ1v) is 8.17. The highest BCUT2D eigenvalue weighted by atomic mass is 35.5. The van der Waals surface area contributed by atoms with E-state index in [0.717, 1.165) is 55.4 Å². The van der Waals surface area contributed by atoms with E-state index in [1.807, 2.05) is 28.8 Å². The van der Waals surface area contributed by atoms with Crippen LogP contribution in [0.25, 0.3) is 0 Å². The van der Waals surface area contributed by atoms with Gasteiger partial charge in [0.25, 0.3) is 0 Å². The first-order valence-electron chi connectivity index (χ1n) is 7.80. The van der Waals surface area contributed by atoms with E-state index in [1.54, 1.807) is 19.7 Å². The summed E-state index contributed by atoms with van der Waals surface area (Å²) in [7, 11) is 1.78. The van der Waals surface area contributed by atoms with E-state index in [2.05, 4.69) is 25.8 Å². The van der Waals surface area contributed by atoms with Crippen LogP contribution in [0.3, 0.4) is 0 Å². The second kappa shape index (κ2) is 9.84. The number of benzene rings is 1. The zero-order valence-corrected chi connectivity index (χ0v) is 14.1. The summed E-state index contributed by atoms with van der Waals surface area (Å²) in [6.45, 7) is 2.62. The molecule has 1 aromatic heterocycles. The van der Waals surface area contributed by atoms with Crippen molar-refractivity contribution >= 4 is 17.6 Å². The quantitative estimate of drug-likeness (QED) is 0.441. The zero-order chi connectivity index (χ0) is 16.3. The number of guanidine groups is 1. The van der Waals surface area contributed by atoms with Crippen LogP contribution in [0.5, 0.6) is 0 Å². The third-order valence-electron chi connectivity index (χ3n) is 3.47. The van der Waals surface area contributed by atoms with Crippen LogP contribution in [-0.2, 0) is 13.0 Å². The van der Waals surface area contributed by atoms with Crippen molar-refractivity contribution in [2.75, 3.05) is 20.1 Å². The second-order valence-corrected chi connectivity index (χ2v) is 5.58. The number of nitrogens with one attached hydrogen (secondary N) is 2. The second-order valence-electron chi connectivity index (χ2n) is 5.17. The monoisotopic (exact) mass is 334 g/mol. The van der Waals surface area contributed by atoms with E-state index in [9.17, 15) is 0 Å². The molecule has 0 radical (unpaired) electrons. The molecule has 0 fully saturated rings. The summed E-state index contributed by atoms with van der Waals surface area (Å²) in [6.07, 6.45) is 6.48. The number of aryl methyl sites for hydroxylation is 1. The first-order chi connectivity index (χ1) is 11.3. The molecular weight excluding hydrogens is 312 g/mol. The zero-order valence-electron chi connectivity index (χ0n) is 13.4. The molecule has 0 spiro atoms. The lowest BCUT2D eigenvalue weighted by Crippen LogP contribution is -2.38. The van der Waals surface area contributed by atoms with Gasteiger partial charge in [-0.15, -0.1) is 10.2 Å². The van der Waals surface area contributed by atoms with Crippen molar-refractivity contribution < 1.29 is 0 Å². The first kappa shape index (κ1) is 17.3. The summed E-state index contributed by atoms with van der Waals surface area (Å²) >= 11 is 6.15. The largest absolute Gasteiger partial charge is 0.356 e. The Morgan fingerprint density at radius 3 is 2.61 bits per heavy atom. The lowest BCUT2D eigenvalue weighted by molar-refractivity contribution is 0.597. The van der Waals surface area contributed by atoms with Gasteiger partial charge < -0.3 is 15.2 Å². The normalized spacial score (nSPS) is 11.5. The van der Waals surface area contributed by atoms with Crippen molar-refractivity contribution in [1.82, 2.24) is 25.4 Å². The summed E-state index contributed by atoms with van der Waals surface area (Å²) < 4.78 is 1.98. The number of hydrogen-bond donors (Lipinski definition) is 2. The van der Waals surface area contributed by atoms with Gasteiger partial charge in [-0.1, -0.05) is 29.8 Å². The SMILES string of the molecule is CN=C(NCCCCn1cnnc1)NCCc1ccccc1Cl. The Balaban J connectivity index is 1.59. The van der Waals surface area contributed by atoms with Crippen LogP contribution < -0.4 is 10.6 Å². The maximum absolute atomic E-state index is 6.15. The topological polar surface area (TPSA) is 67.1 Å². The Bertz CT molecular complexity index is 596. The Morgan fingerprint density at radius 2 is 1.87 bits per heavy atom. The number of rotatable bonds is 8. The standard InChI is InChI=1S/C16H23ClN6/c1-18-16(19-9-4-5-11-23-12-21-22-13-23)20-10-8-14-6-2-3-7-15(14)17/h2-3,6-7,12-13H,4-5,8-11H2,1H3,(H2,18,19,20). The summed E-state index contributed by atoms with van der Waals surface area (Å²) in [6, 6.07) is 7.91. The third-order valence-corrected chi connectivity index (χ3v) is 3.84. The molecule has 0 unspecified atom stereocenters. The van der Waals surface area contributed by atoms with Crippen LogP contribution in [-0.4, -0.2) is 40.9 Å². The van der Waals surface area contributed by atoms with Crippen LogP contribution in [0.1, 0.15) is 18.4 Å². The molecule has 0 saturated carbocycles. The predicted octanol–water partition coefficient (Wildman–Crippen LogP) is 2.12. The van der Waals surface area contributed by atoms with E-state index in [1.165, 1.54) is 0 Å². The van der Waals surface area contributed by atoms with Gasteiger partial charge in [0.05, 0.1) is 0 Å². The van der Waals surface area contributed by atoms with Gasteiger partial charge in [0.1, 0.15) is 12.7 Å². The number of aromatic nitrogens is 3. The van der Waals surface area contributed by atoms with Crippen molar-refractivity contribution in [3.05, 3.63) is 47.5 Å². The van der Waals surface area contributed by atoms with Gasteiger partial charge in [0.15, 0.2) is 5.96 Å². The Morgan fingerprint density at radius 1 is 1.13 bits per heavy atom. The molecule has 7 heteroatoms. The maximum Gasteiger partial charge on any atom is 0.190 e. The minimum atomic E-state index is 0.796. The highest BCUT2D eigenvalue weighted by Crippen LogP contribution is 2.14. The van der Waals surface area contributed by atoms with E-state index >= 15 is 0 Å². The van der Waals surface area contributed by atoms with Crippen LogP contribution in [0.4, 0.5) is 0 Å². The summed E-state index contributed by atoms with van der Waals surface area (Å²) in [4.78, 5) is 4.23. The highest BCUT2D eigenvalue weighted by Gasteiger charge is 2.00. The van der Waals surface area contributed by atoms with Gasteiger partial charge in [-0.3, -0.25) is 4.99 Å². The molecular formula is C16H23ClN6. The van der Waals surface area contributed by atoms with Crippen molar-refractivity contribution in [3.8, 4) is 0 Å². The molecule has 23 heavy (non-hydrogen) atoms. The third kappa shape index (κ3) is 6.28. The Kier molecular flexibility index (Phi) is 7.39. The fourth-order valence-electron chi connectivity index (χ4n) is 2.20. The smallest absolute Gasteiger partial charge is 0.190 e. The highest BCUT2D eigenvalue weighted by molar-refractivity contribution is 6.31. The van der Waals surface area contributed by atoms with E-state index in [-0.39, 0.29) is 0 Å². The summed E-state index contributed by atoms with van der Waals surface area (Å²) in [5.41, 5.74) is 1.14. The molecule has 124 valence electrons. The van der Waals surface area contributed by atoms with Crippen LogP contribution in [0.2, 0.25) is 5.02 Å². The minimum absolute atomic E-state index is 0.796. The number of halogens is 1.